The highest BCUT2D eigenvalue weighted by molar-refractivity contribution is 5.46. The maximum absolute atomic E-state index is 14.3. The van der Waals surface area contributed by atoms with E-state index in [9.17, 15) is 8.78 Å². The van der Waals surface area contributed by atoms with Crippen molar-refractivity contribution in [3.05, 3.63) is 64.7 Å². The fourth-order valence-electron chi connectivity index (χ4n) is 2.97. The molecule has 0 saturated heterocycles. The first-order valence-electron chi connectivity index (χ1n) is 10.7. The van der Waals surface area contributed by atoms with E-state index < -0.39 is 11.6 Å². The number of aryl methyl sites for hydroxylation is 1. The molecule has 0 amide bonds. The van der Waals surface area contributed by atoms with Crippen LogP contribution in [0.25, 0.3) is 0 Å². The van der Waals surface area contributed by atoms with Gasteiger partial charge in [0.15, 0.2) is 11.6 Å². The van der Waals surface area contributed by atoms with Gasteiger partial charge in [0.25, 0.3) is 0 Å². The average molecular weight is 399 g/mol. The SMILES string of the molecule is CCCCCCCc1ccc(C#Cc2ccc(OCCC(C)C)c(F)c2F)cc1. The fourth-order valence-corrected chi connectivity index (χ4v) is 2.97. The number of benzene rings is 2. The first-order valence-corrected chi connectivity index (χ1v) is 10.7. The molecule has 0 saturated carbocycles. The predicted molar refractivity (Wildman–Crippen MR) is 116 cm³/mol. The predicted octanol–water partition coefficient (Wildman–Crippen LogP) is 7.30. The lowest BCUT2D eigenvalue weighted by molar-refractivity contribution is 0.272. The summed E-state index contributed by atoms with van der Waals surface area (Å²) in [5.41, 5.74) is 2.11. The highest BCUT2D eigenvalue weighted by Crippen LogP contribution is 2.23. The van der Waals surface area contributed by atoms with Crippen LogP contribution in [0.15, 0.2) is 36.4 Å². The van der Waals surface area contributed by atoms with Gasteiger partial charge < -0.3 is 4.74 Å². The second kappa shape index (κ2) is 12.3. The Morgan fingerprint density at radius 2 is 1.59 bits per heavy atom. The minimum absolute atomic E-state index is 0.0405. The van der Waals surface area contributed by atoms with Gasteiger partial charge in [-0.2, -0.15) is 4.39 Å². The summed E-state index contributed by atoms with van der Waals surface area (Å²) in [5, 5.41) is 0. The van der Waals surface area contributed by atoms with Crippen LogP contribution in [-0.4, -0.2) is 6.61 Å². The van der Waals surface area contributed by atoms with Crippen molar-refractivity contribution in [2.45, 2.75) is 65.7 Å². The molecular formula is C26H32F2O. The maximum atomic E-state index is 14.3. The van der Waals surface area contributed by atoms with Gasteiger partial charge in [0, 0.05) is 5.56 Å². The van der Waals surface area contributed by atoms with Crippen molar-refractivity contribution in [2.24, 2.45) is 5.92 Å². The number of hydrogen-bond donors (Lipinski definition) is 0. The lowest BCUT2D eigenvalue weighted by Gasteiger charge is -2.09. The second-order valence-electron chi connectivity index (χ2n) is 7.88. The van der Waals surface area contributed by atoms with Crippen molar-refractivity contribution in [2.75, 3.05) is 6.61 Å². The third-order valence-electron chi connectivity index (χ3n) is 4.86. The van der Waals surface area contributed by atoms with E-state index >= 15 is 0 Å². The molecule has 3 heteroatoms. The molecule has 2 aromatic carbocycles. The van der Waals surface area contributed by atoms with Crippen LogP contribution in [-0.2, 0) is 6.42 Å². The molecule has 156 valence electrons. The third-order valence-corrected chi connectivity index (χ3v) is 4.86. The van der Waals surface area contributed by atoms with E-state index in [0.29, 0.717) is 12.5 Å². The summed E-state index contributed by atoms with van der Waals surface area (Å²) in [6, 6.07) is 10.9. The summed E-state index contributed by atoms with van der Waals surface area (Å²) < 4.78 is 33.8. The molecule has 0 fully saturated rings. The summed E-state index contributed by atoms with van der Waals surface area (Å²) in [5.74, 6) is 4.12. The Morgan fingerprint density at radius 1 is 0.862 bits per heavy atom. The van der Waals surface area contributed by atoms with Crippen LogP contribution in [0.4, 0.5) is 8.78 Å². The molecule has 2 rings (SSSR count). The standard InChI is InChI=1S/C26H32F2O/c1-4-5-6-7-8-9-21-10-12-22(13-11-21)14-15-23-16-17-24(26(28)25(23)27)29-19-18-20(2)3/h10-13,16-17,20H,4-9,18-19H2,1-3H3. The second-order valence-corrected chi connectivity index (χ2v) is 7.88. The largest absolute Gasteiger partial charge is 0.490 e. The minimum Gasteiger partial charge on any atom is -0.490 e. The van der Waals surface area contributed by atoms with Gasteiger partial charge in [0.2, 0.25) is 5.82 Å². The van der Waals surface area contributed by atoms with Gasteiger partial charge in [-0.1, -0.05) is 70.4 Å². The first kappa shape index (κ1) is 22.9. The molecule has 0 aliphatic heterocycles. The van der Waals surface area contributed by atoms with Crippen molar-refractivity contribution < 1.29 is 13.5 Å². The van der Waals surface area contributed by atoms with Gasteiger partial charge in [-0.15, -0.1) is 0 Å². The molecule has 0 heterocycles. The number of ether oxygens (including phenoxy) is 1. The van der Waals surface area contributed by atoms with E-state index in [4.69, 9.17) is 4.74 Å². The molecule has 2 aromatic rings. The van der Waals surface area contributed by atoms with Crippen LogP contribution in [0.5, 0.6) is 5.75 Å². The molecule has 29 heavy (non-hydrogen) atoms. The summed E-state index contributed by atoms with van der Waals surface area (Å²) in [6.07, 6.45) is 8.16. The third kappa shape index (κ3) is 7.89. The molecule has 0 aliphatic rings. The van der Waals surface area contributed by atoms with Gasteiger partial charge in [0.1, 0.15) is 0 Å². The Bertz CT molecular complexity index is 813. The number of hydrogen-bond acceptors (Lipinski definition) is 1. The molecule has 0 N–H and O–H groups in total. The van der Waals surface area contributed by atoms with Crippen molar-refractivity contribution in [1.29, 1.82) is 0 Å². The molecular weight excluding hydrogens is 366 g/mol. The zero-order valence-corrected chi connectivity index (χ0v) is 17.9. The van der Waals surface area contributed by atoms with Gasteiger partial charge in [-0.3, -0.25) is 0 Å². The Balaban J connectivity index is 1.95. The quantitative estimate of drug-likeness (QED) is 0.301. The van der Waals surface area contributed by atoms with Gasteiger partial charge >= 0.3 is 0 Å². The maximum Gasteiger partial charge on any atom is 0.201 e. The van der Waals surface area contributed by atoms with Crippen LogP contribution in [0.2, 0.25) is 0 Å². The minimum atomic E-state index is -0.973. The first-order chi connectivity index (χ1) is 14.0. The summed E-state index contributed by atoms with van der Waals surface area (Å²) in [7, 11) is 0. The smallest absolute Gasteiger partial charge is 0.201 e. The molecule has 0 bridgehead atoms. The Hall–Kier alpha value is -2.34. The van der Waals surface area contributed by atoms with Crippen LogP contribution in [0.3, 0.4) is 0 Å². The van der Waals surface area contributed by atoms with E-state index in [1.54, 1.807) is 0 Å². The molecule has 0 aromatic heterocycles. The van der Waals surface area contributed by atoms with Crippen molar-refractivity contribution in [3.8, 4) is 17.6 Å². The Morgan fingerprint density at radius 3 is 2.28 bits per heavy atom. The summed E-state index contributed by atoms with van der Waals surface area (Å²) in [4.78, 5) is 0. The van der Waals surface area contributed by atoms with E-state index in [1.165, 1.54) is 49.8 Å². The lowest BCUT2D eigenvalue weighted by atomic mass is 10.0. The molecule has 0 aliphatic carbocycles. The highest BCUT2D eigenvalue weighted by atomic mass is 19.2. The Kier molecular flexibility index (Phi) is 9.71. The molecule has 0 radical (unpaired) electrons. The van der Waals surface area contributed by atoms with Crippen LogP contribution in [0, 0.1) is 29.4 Å². The van der Waals surface area contributed by atoms with Crippen LogP contribution >= 0.6 is 0 Å². The monoisotopic (exact) mass is 398 g/mol. The van der Waals surface area contributed by atoms with Crippen molar-refractivity contribution >= 4 is 0 Å². The molecule has 0 unspecified atom stereocenters. The van der Waals surface area contributed by atoms with E-state index in [0.717, 1.165) is 18.4 Å². The van der Waals surface area contributed by atoms with E-state index in [1.807, 2.05) is 12.1 Å². The van der Waals surface area contributed by atoms with E-state index in [2.05, 4.69) is 44.7 Å². The van der Waals surface area contributed by atoms with Crippen molar-refractivity contribution in [3.63, 3.8) is 0 Å². The molecule has 0 spiro atoms. The van der Waals surface area contributed by atoms with Gasteiger partial charge in [-0.25, -0.2) is 4.39 Å². The fraction of sp³-hybridized carbons (Fsp3) is 0.462. The van der Waals surface area contributed by atoms with Crippen molar-refractivity contribution in [1.82, 2.24) is 0 Å². The zero-order chi connectivity index (χ0) is 21.1. The zero-order valence-electron chi connectivity index (χ0n) is 17.9. The summed E-state index contributed by atoms with van der Waals surface area (Å²) >= 11 is 0. The lowest BCUT2D eigenvalue weighted by Crippen LogP contribution is -2.04. The van der Waals surface area contributed by atoms with Gasteiger partial charge in [-0.05, 0) is 55.0 Å². The van der Waals surface area contributed by atoms with E-state index in [-0.39, 0.29) is 11.3 Å². The van der Waals surface area contributed by atoms with Crippen LogP contribution < -0.4 is 4.74 Å². The van der Waals surface area contributed by atoms with Gasteiger partial charge in [0.05, 0.1) is 12.2 Å². The molecule has 0 atom stereocenters. The molecule has 1 nitrogen and oxygen atoms in total. The number of halogens is 2. The van der Waals surface area contributed by atoms with Crippen LogP contribution in [0.1, 0.15) is 76.0 Å². The average Bonchev–Trinajstić information content (AvgIpc) is 2.71. The number of unbranched alkanes of at least 4 members (excludes halogenated alkanes) is 4. The summed E-state index contributed by atoms with van der Waals surface area (Å²) in [6.45, 7) is 6.69. The highest BCUT2D eigenvalue weighted by Gasteiger charge is 2.13. The topological polar surface area (TPSA) is 9.23 Å². The normalized spacial score (nSPS) is 10.7. The number of rotatable bonds is 10. The Labute approximate surface area is 174 Å².